The fourth-order valence-electron chi connectivity index (χ4n) is 6.21. The van der Waals surface area contributed by atoms with E-state index in [2.05, 4.69) is 9.97 Å². The molecule has 1 aliphatic rings. The van der Waals surface area contributed by atoms with Crippen LogP contribution in [0.4, 0.5) is 0 Å². The van der Waals surface area contributed by atoms with Crippen molar-refractivity contribution in [3.8, 4) is 0 Å². The fraction of sp³-hybridized carbons (Fsp3) is 0.189. The molecule has 0 spiro atoms. The summed E-state index contributed by atoms with van der Waals surface area (Å²) in [6.07, 6.45) is -6.59. The second-order valence-corrected chi connectivity index (χ2v) is 11.6. The van der Waals surface area contributed by atoms with Crippen LogP contribution in [0.1, 0.15) is 63.7 Å². The van der Waals surface area contributed by atoms with Crippen molar-refractivity contribution in [1.82, 2.24) is 9.97 Å². The van der Waals surface area contributed by atoms with Gasteiger partial charge in [-0.25, -0.2) is 14.6 Å². The first-order valence-corrected chi connectivity index (χ1v) is 15.2. The van der Waals surface area contributed by atoms with Crippen molar-refractivity contribution in [2.24, 2.45) is 0 Å². The summed E-state index contributed by atoms with van der Waals surface area (Å²) in [5.74, 6) is -5.53. The summed E-state index contributed by atoms with van der Waals surface area (Å²) >= 11 is 0. The lowest BCUT2D eigenvalue weighted by molar-refractivity contribution is -0.105. The highest BCUT2D eigenvalue weighted by atomic mass is 16.6. The molecule has 50 heavy (non-hydrogen) atoms. The number of hydrogen-bond donors (Lipinski definition) is 4. The third-order valence-electron chi connectivity index (χ3n) is 8.73. The standard InChI is InChI=1S/C37H30N2O11/c1-48-34(44)23-18-25-26(19-24(23)35(45)49-2)39-33(38-25)32-37(47,30(43)22-16-10-5-11-17-22)36(46,29(42)21-14-8-4-9-15-21)31(50-32)28(41)27(40)20-12-6-3-7-13-20/h3-19,28,31-32,41,46-47H,1-2H3,(H,38,39)/t28?,31-,32+,36-,37+/m1/s1. The van der Waals surface area contributed by atoms with Crippen molar-refractivity contribution in [2.75, 3.05) is 14.2 Å². The third-order valence-corrected chi connectivity index (χ3v) is 8.73. The number of nitrogens with zero attached hydrogens (tertiary/aromatic N) is 1. The van der Waals surface area contributed by atoms with Gasteiger partial charge in [0.1, 0.15) is 18.0 Å². The monoisotopic (exact) mass is 678 g/mol. The number of ether oxygens (including phenoxy) is 3. The molecule has 0 amide bonds. The van der Waals surface area contributed by atoms with Gasteiger partial charge in [0.15, 0.2) is 23.1 Å². The van der Waals surface area contributed by atoms with E-state index >= 15 is 0 Å². The van der Waals surface area contributed by atoms with Gasteiger partial charge < -0.3 is 34.5 Å². The molecule has 1 fully saturated rings. The average Bonchev–Trinajstić information content (AvgIpc) is 3.69. The number of H-pyrrole nitrogens is 1. The van der Waals surface area contributed by atoms with E-state index in [0.717, 1.165) is 14.2 Å². The molecular formula is C37H30N2O11. The van der Waals surface area contributed by atoms with Crippen LogP contribution >= 0.6 is 0 Å². The Labute approximate surface area is 284 Å². The van der Waals surface area contributed by atoms with Crippen molar-refractivity contribution < 1.29 is 53.5 Å². The molecule has 13 nitrogen and oxygen atoms in total. The van der Waals surface area contributed by atoms with Crippen LogP contribution in [0.25, 0.3) is 11.0 Å². The fourth-order valence-corrected chi connectivity index (χ4v) is 6.21. The van der Waals surface area contributed by atoms with Gasteiger partial charge in [-0.3, -0.25) is 14.4 Å². The van der Waals surface area contributed by atoms with E-state index in [0.29, 0.717) is 0 Å². The molecule has 6 rings (SSSR count). The lowest BCUT2D eigenvalue weighted by atomic mass is 9.68. The zero-order valence-electron chi connectivity index (χ0n) is 26.6. The van der Waals surface area contributed by atoms with Crippen molar-refractivity contribution in [3.63, 3.8) is 0 Å². The second-order valence-electron chi connectivity index (χ2n) is 11.6. The summed E-state index contributed by atoms with van der Waals surface area (Å²) in [4.78, 5) is 75.1. The van der Waals surface area contributed by atoms with Gasteiger partial charge in [0.25, 0.3) is 0 Å². The van der Waals surface area contributed by atoms with E-state index < -0.39 is 58.8 Å². The number of aliphatic hydroxyl groups is 3. The van der Waals surface area contributed by atoms with Crippen molar-refractivity contribution in [2.45, 2.75) is 29.5 Å². The normalized spacial score (nSPS) is 22.1. The van der Waals surface area contributed by atoms with Crippen LogP contribution < -0.4 is 0 Å². The molecule has 2 heterocycles. The molecule has 0 aliphatic carbocycles. The van der Waals surface area contributed by atoms with Gasteiger partial charge in [0, 0.05) is 16.7 Å². The largest absolute Gasteiger partial charge is 0.465 e. The smallest absolute Gasteiger partial charge is 0.338 e. The van der Waals surface area contributed by atoms with Crippen LogP contribution in [0.3, 0.4) is 0 Å². The number of esters is 2. The molecule has 1 saturated heterocycles. The average molecular weight is 679 g/mol. The molecule has 4 aromatic carbocycles. The van der Waals surface area contributed by atoms with Crippen LogP contribution in [-0.4, -0.2) is 92.2 Å². The summed E-state index contributed by atoms with van der Waals surface area (Å²) in [6.45, 7) is 0. The molecule has 13 heteroatoms. The highest BCUT2D eigenvalue weighted by Crippen LogP contribution is 2.52. The van der Waals surface area contributed by atoms with E-state index in [1.54, 1.807) is 18.2 Å². The number of rotatable bonds is 10. The topological polar surface area (TPSA) is 202 Å². The van der Waals surface area contributed by atoms with Crippen LogP contribution in [0, 0.1) is 0 Å². The van der Waals surface area contributed by atoms with E-state index in [1.165, 1.54) is 84.9 Å². The number of aromatic amines is 1. The first-order chi connectivity index (χ1) is 24.0. The summed E-state index contributed by atoms with van der Waals surface area (Å²) in [6, 6.07) is 24.4. The SMILES string of the molecule is COC(=O)c1cc2nc([C@@H]3O[C@H](C(O)C(=O)c4ccccc4)[C@](O)(C(=O)c4ccccc4)[C@]3(O)C(=O)c3ccccc3)[nH]c2cc1C(=O)OC. The van der Waals surface area contributed by atoms with Gasteiger partial charge in [-0.2, -0.15) is 0 Å². The van der Waals surface area contributed by atoms with E-state index in [4.69, 9.17) is 14.2 Å². The zero-order chi connectivity index (χ0) is 35.8. The Morgan fingerprint density at radius 3 is 1.68 bits per heavy atom. The predicted molar refractivity (Wildman–Crippen MR) is 175 cm³/mol. The maximum atomic E-state index is 14.5. The first kappa shape index (κ1) is 34.0. The molecule has 0 saturated carbocycles. The number of aromatic nitrogens is 2. The minimum Gasteiger partial charge on any atom is -0.465 e. The number of methoxy groups -OCH3 is 2. The number of carbonyl (C=O) groups is 5. The number of aliphatic hydroxyl groups excluding tert-OH is 1. The molecule has 1 unspecified atom stereocenters. The van der Waals surface area contributed by atoms with Gasteiger partial charge in [-0.1, -0.05) is 91.0 Å². The van der Waals surface area contributed by atoms with Crippen LogP contribution in [-0.2, 0) is 14.2 Å². The minimum atomic E-state index is -3.32. The molecule has 0 radical (unpaired) electrons. The maximum Gasteiger partial charge on any atom is 0.338 e. The summed E-state index contributed by atoms with van der Waals surface area (Å²) in [7, 11) is 2.22. The van der Waals surface area contributed by atoms with Crippen LogP contribution in [0.2, 0.25) is 0 Å². The van der Waals surface area contributed by atoms with Gasteiger partial charge in [0.05, 0.1) is 36.4 Å². The molecule has 5 atom stereocenters. The highest BCUT2D eigenvalue weighted by Gasteiger charge is 2.75. The number of nitrogens with one attached hydrogen (secondary N) is 1. The van der Waals surface area contributed by atoms with Crippen LogP contribution in [0.5, 0.6) is 0 Å². The van der Waals surface area contributed by atoms with Crippen LogP contribution in [0.15, 0.2) is 103 Å². The Hall–Kier alpha value is -5.86. The lowest BCUT2D eigenvalue weighted by Gasteiger charge is -2.39. The number of carbonyl (C=O) groups excluding carboxylic acids is 5. The Kier molecular flexibility index (Phi) is 8.99. The van der Waals surface area contributed by atoms with Crippen molar-refractivity contribution in [3.05, 3.63) is 137 Å². The Balaban J connectivity index is 1.60. The summed E-state index contributed by atoms with van der Waals surface area (Å²) < 4.78 is 15.7. The molecule has 254 valence electrons. The van der Waals surface area contributed by atoms with Crippen molar-refractivity contribution >= 4 is 40.3 Å². The summed E-state index contributed by atoms with van der Waals surface area (Å²) in [5.41, 5.74) is -7.21. The molecular weight excluding hydrogens is 648 g/mol. The molecule has 1 aromatic heterocycles. The Bertz CT molecular complexity index is 2060. The highest BCUT2D eigenvalue weighted by molar-refractivity contribution is 6.14. The number of hydrogen-bond acceptors (Lipinski definition) is 12. The van der Waals surface area contributed by atoms with Gasteiger partial charge in [0.2, 0.25) is 11.6 Å². The van der Waals surface area contributed by atoms with E-state index in [9.17, 15) is 39.3 Å². The molecule has 4 N–H and O–H groups in total. The second kappa shape index (κ2) is 13.2. The van der Waals surface area contributed by atoms with Crippen molar-refractivity contribution in [1.29, 1.82) is 0 Å². The molecule has 5 aromatic rings. The lowest BCUT2D eigenvalue weighted by Crippen LogP contribution is -2.68. The van der Waals surface area contributed by atoms with Gasteiger partial charge in [-0.15, -0.1) is 0 Å². The molecule has 0 bridgehead atoms. The maximum absolute atomic E-state index is 14.5. The first-order valence-electron chi connectivity index (χ1n) is 15.2. The van der Waals surface area contributed by atoms with E-state index in [-0.39, 0.29) is 44.7 Å². The zero-order valence-corrected chi connectivity index (χ0v) is 26.6. The predicted octanol–water partition coefficient (Wildman–Crippen LogP) is 3.05. The third kappa shape index (κ3) is 5.38. The number of Topliss-reactive ketones (excluding diaryl/α,β-unsaturated/α-hetero) is 3. The summed E-state index contributed by atoms with van der Waals surface area (Å²) in [5, 5.41) is 37.0. The Morgan fingerprint density at radius 2 is 1.18 bits per heavy atom. The number of imidazole rings is 1. The van der Waals surface area contributed by atoms with E-state index in [1.807, 2.05) is 0 Å². The number of ketones is 3. The Morgan fingerprint density at radius 1 is 0.720 bits per heavy atom. The quantitative estimate of drug-likeness (QED) is 0.124. The van der Waals surface area contributed by atoms with Gasteiger partial charge >= 0.3 is 11.9 Å². The number of benzene rings is 4. The molecule has 1 aliphatic heterocycles. The van der Waals surface area contributed by atoms with Gasteiger partial charge in [-0.05, 0) is 12.1 Å². The number of fused-ring (bicyclic) bond motifs is 1. The minimum absolute atomic E-state index is 0.00565.